The van der Waals surface area contributed by atoms with Crippen molar-refractivity contribution < 1.29 is 18.4 Å². The van der Waals surface area contributed by atoms with Crippen molar-refractivity contribution in [3.63, 3.8) is 0 Å². The van der Waals surface area contributed by atoms with Crippen LogP contribution in [0, 0.1) is 26.7 Å². The molecule has 2 amide bonds. The number of fused-ring (bicyclic) bond motifs is 2. The topological polar surface area (TPSA) is 102 Å². The van der Waals surface area contributed by atoms with Crippen molar-refractivity contribution in [2.24, 2.45) is 5.92 Å². The van der Waals surface area contributed by atoms with Crippen molar-refractivity contribution in [1.82, 2.24) is 10.6 Å². The van der Waals surface area contributed by atoms with Gasteiger partial charge in [-0.15, -0.1) is 0 Å². The number of amides is 2. The molecule has 7 heteroatoms. The Hall–Kier alpha value is -4.65. The summed E-state index contributed by atoms with van der Waals surface area (Å²) in [6, 6.07) is 21.0. The van der Waals surface area contributed by atoms with Crippen LogP contribution in [0.5, 0.6) is 0 Å². The zero-order valence-electron chi connectivity index (χ0n) is 25.4. The van der Waals surface area contributed by atoms with Crippen molar-refractivity contribution in [3.8, 4) is 11.1 Å². The molecule has 222 valence electrons. The molecule has 0 aliphatic heterocycles. The molecule has 0 aliphatic carbocycles. The standard InChI is InChI=1S/C36H38N2O5/c1-21(2)20-37-35(40)30(18-25-12-8-6-9-13-25)38-31(39)17-16-27-22(3)28-19-29-32(26-14-10-7-11-15-26)24(5)42-34(29)23(4)33(28)43-36(27)41/h6-15,19,21,30H,16-18,20H2,1-5H3,(H,37,40)(H,38,39). The molecule has 43 heavy (non-hydrogen) atoms. The van der Waals surface area contributed by atoms with Crippen LogP contribution in [0.4, 0.5) is 0 Å². The van der Waals surface area contributed by atoms with Crippen LogP contribution in [0.15, 0.2) is 80.4 Å². The number of carbonyl (C=O) groups excluding carboxylic acids is 2. The third-order valence-corrected chi connectivity index (χ3v) is 7.92. The van der Waals surface area contributed by atoms with Crippen LogP contribution in [0.25, 0.3) is 33.1 Å². The van der Waals surface area contributed by atoms with E-state index in [1.165, 1.54) is 0 Å². The Morgan fingerprint density at radius 3 is 2.16 bits per heavy atom. The highest BCUT2D eigenvalue weighted by atomic mass is 16.4. The van der Waals surface area contributed by atoms with Crippen molar-refractivity contribution >= 4 is 33.8 Å². The van der Waals surface area contributed by atoms with E-state index in [1.807, 2.05) is 101 Å². The Morgan fingerprint density at radius 2 is 1.49 bits per heavy atom. The summed E-state index contributed by atoms with van der Waals surface area (Å²) >= 11 is 0. The molecule has 0 saturated heterocycles. The van der Waals surface area contributed by atoms with Gasteiger partial charge < -0.3 is 19.5 Å². The van der Waals surface area contributed by atoms with Gasteiger partial charge in [-0.25, -0.2) is 4.79 Å². The summed E-state index contributed by atoms with van der Waals surface area (Å²) in [4.78, 5) is 39.3. The van der Waals surface area contributed by atoms with E-state index in [4.69, 9.17) is 8.83 Å². The van der Waals surface area contributed by atoms with E-state index in [0.717, 1.165) is 44.3 Å². The number of nitrogens with one attached hydrogen (secondary N) is 2. The maximum Gasteiger partial charge on any atom is 0.339 e. The van der Waals surface area contributed by atoms with Gasteiger partial charge in [0.2, 0.25) is 11.8 Å². The minimum Gasteiger partial charge on any atom is -0.460 e. The molecule has 0 bridgehead atoms. The summed E-state index contributed by atoms with van der Waals surface area (Å²) in [5.41, 5.74) is 5.70. The van der Waals surface area contributed by atoms with Gasteiger partial charge in [-0.3, -0.25) is 9.59 Å². The maximum atomic E-state index is 13.2. The average molecular weight is 579 g/mol. The SMILES string of the molecule is Cc1oc2c(C)c3oc(=O)c(CCC(=O)NC(Cc4ccccc4)C(=O)NCC(C)C)c(C)c3cc2c1-c1ccccc1. The largest absolute Gasteiger partial charge is 0.460 e. The second kappa shape index (κ2) is 12.7. The molecule has 0 spiro atoms. The summed E-state index contributed by atoms with van der Waals surface area (Å²) in [5.74, 6) is 0.546. The lowest BCUT2D eigenvalue weighted by Gasteiger charge is -2.19. The first-order chi connectivity index (χ1) is 20.6. The molecule has 0 radical (unpaired) electrons. The van der Waals surface area contributed by atoms with Crippen LogP contribution >= 0.6 is 0 Å². The van der Waals surface area contributed by atoms with Gasteiger partial charge in [0.15, 0.2) is 0 Å². The number of hydrogen-bond donors (Lipinski definition) is 2. The van der Waals surface area contributed by atoms with Crippen molar-refractivity contribution in [3.05, 3.63) is 105 Å². The molecule has 3 aromatic carbocycles. The minimum atomic E-state index is -0.723. The fraction of sp³-hybridized carbons (Fsp3) is 0.306. The number of rotatable bonds is 10. The van der Waals surface area contributed by atoms with Crippen LogP contribution in [0.3, 0.4) is 0 Å². The van der Waals surface area contributed by atoms with E-state index in [0.29, 0.717) is 29.7 Å². The lowest BCUT2D eigenvalue weighted by molar-refractivity contribution is -0.129. The monoisotopic (exact) mass is 578 g/mol. The summed E-state index contributed by atoms with van der Waals surface area (Å²) in [7, 11) is 0. The van der Waals surface area contributed by atoms with Crippen LogP contribution < -0.4 is 16.3 Å². The molecular weight excluding hydrogens is 540 g/mol. The highest BCUT2D eigenvalue weighted by Crippen LogP contribution is 2.39. The molecule has 1 atom stereocenters. The van der Waals surface area contributed by atoms with E-state index in [9.17, 15) is 14.4 Å². The van der Waals surface area contributed by atoms with Gasteiger partial charge in [0, 0.05) is 46.8 Å². The third-order valence-electron chi connectivity index (χ3n) is 7.92. The molecule has 0 saturated carbocycles. The van der Waals surface area contributed by atoms with Gasteiger partial charge in [-0.1, -0.05) is 74.5 Å². The Labute approximate surface area is 251 Å². The Bertz CT molecular complexity index is 1830. The average Bonchev–Trinajstić information content (AvgIpc) is 3.33. The van der Waals surface area contributed by atoms with Crippen molar-refractivity contribution in [2.75, 3.05) is 6.54 Å². The van der Waals surface area contributed by atoms with E-state index < -0.39 is 11.7 Å². The fourth-order valence-electron chi connectivity index (χ4n) is 5.62. The first-order valence-electron chi connectivity index (χ1n) is 14.8. The molecule has 5 aromatic rings. The first kappa shape index (κ1) is 29.8. The van der Waals surface area contributed by atoms with Gasteiger partial charge in [-0.2, -0.15) is 0 Å². The zero-order valence-corrected chi connectivity index (χ0v) is 25.4. The molecule has 0 aliphatic rings. The molecule has 5 rings (SSSR count). The normalized spacial score (nSPS) is 12.1. The molecular formula is C36H38N2O5. The number of furan rings is 1. The van der Waals surface area contributed by atoms with Crippen molar-refractivity contribution in [1.29, 1.82) is 0 Å². The summed E-state index contributed by atoms with van der Waals surface area (Å²) in [6.07, 6.45) is 0.604. The quantitative estimate of drug-likeness (QED) is 0.183. The highest BCUT2D eigenvalue weighted by molar-refractivity contribution is 6.05. The molecule has 1 unspecified atom stereocenters. The molecule has 2 N–H and O–H groups in total. The zero-order chi connectivity index (χ0) is 30.7. The lowest BCUT2D eigenvalue weighted by Crippen LogP contribution is -2.48. The maximum absolute atomic E-state index is 13.2. The van der Waals surface area contributed by atoms with Crippen LogP contribution in [0.1, 0.15) is 48.3 Å². The van der Waals surface area contributed by atoms with E-state index in [1.54, 1.807) is 0 Å². The Morgan fingerprint density at radius 1 is 0.837 bits per heavy atom. The van der Waals surface area contributed by atoms with E-state index >= 15 is 0 Å². The summed E-state index contributed by atoms with van der Waals surface area (Å²) < 4.78 is 12.0. The third kappa shape index (κ3) is 6.41. The molecule has 2 heterocycles. The summed E-state index contributed by atoms with van der Waals surface area (Å²) in [6.45, 7) is 10.3. The highest BCUT2D eigenvalue weighted by Gasteiger charge is 2.24. The first-order valence-corrected chi connectivity index (χ1v) is 14.8. The number of carbonyl (C=O) groups is 2. The number of hydrogen-bond acceptors (Lipinski definition) is 5. The van der Waals surface area contributed by atoms with Crippen LogP contribution in [0.2, 0.25) is 0 Å². The Balaban J connectivity index is 1.41. The predicted octanol–water partition coefficient (Wildman–Crippen LogP) is 6.56. The van der Waals surface area contributed by atoms with Crippen LogP contribution in [-0.2, 0) is 22.4 Å². The van der Waals surface area contributed by atoms with Gasteiger partial charge in [0.1, 0.15) is 23.0 Å². The smallest absolute Gasteiger partial charge is 0.339 e. The van der Waals surface area contributed by atoms with E-state index in [2.05, 4.69) is 10.6 Å². The summed E-state index contributed by atoms with van der Waals surface area (Å²) in [5, 5.41) is 7.60. The van der Waals surface area contributed by atoms with Crippen molar-refractivity contribution in [2.45, 2.75) is 59.9 Å². The van der Waals surface area contributed by atoms with Gasteiger partial charge >= 0.3 is 5.63 Å². The fourth-order valence-corrected chi connectivity index (χ4v) is 5.62. The van der Waals surface area contributed by atoms with Gasteiger partial charge in [0.05, 0.1) is 0 Å². The predicted molar refractivity (Wildman–Crippen MR) is 170 cm³/mol. The number of benzene rings is 3. The Kier molecular flexibility index (Phi) is 8.81. The number of aryl methyl sites for hydroxylation is 3. The second-order valence-electron chi connectivity index (χ2n) is 11.6. The van der Waals surface area contributed by atoms with Gasteiger partial charge in [0.25, 0.3) is 0 Å². The van der Waals surface area contributed by atoms with Gasteiger partial charge in [-0.05, 0) is 55.9 Å². The second-order valence-corrected chi connectivity index (χ2v) is 11.6. The molecule has 0 fully saturated rings. The molecule has 7 nitrogen and oxygen atoms in total. The minimum absolute atomic E-state index is 0.0428. The lowest BCUT2D eigenvalue weighted by atomic mass is 9.96. The molecule has 2 aromatic heterocycles. The van der Waals surface area contributed by atoms with E-state index in [-0.39, 0.29) is 30.6 Å². The van der Waals surface area contributed by atoms with Crippen LogP contribution in [-0.4, -0.2) is 24.4 Å².